The van der Waals surface area contributed by atoms with Crippen molar-refractivity contribution in [1.29, 1.82) is 0 Å². The van der Waals surface area contributed by atoms with Crippen molar-refractivity contribution in [3.63, 3.8) is 0 Å². The minimum atomic E-state index is -4.05. The average Bonchev–Trinajstić information content (AvgIpc) is 2.27. The summed E-state index contributed by atoms with van der Waals surface area (Å²) in [5, 5.41) is 6.26. The van der Waals surface area contributed by atoms with Crippen LogP contribution < -0.4 is 10.6 Å². The van der Waals surface area contributed by atoms with Crippen LogP contribution >= 0.6 is 0 Å². The van der Waals surface area contributed by atoms with Crippen LogP contribution in [0.15, 0.2) is 4.99 Å². The molecule has 0 radical (unpaired) electrons. The van der Waals surface area contributed by atoms with E-state index in [1.54, 1.807) is 0 Å². The first-order valence-corrected chi connectivity index (χ1v) is 6.50. The second kappa shape index (κ2) is 9.05. The first-order chi connectivity index (χ1) is 8.39. The number of hydrogen-bond acceptors (Lipinski definition) is 1. The van der Waals surface area contributed by atoms with Gasteiger partial charge >= 0.3 is 6.18 Å². The molecule has 0 aliphatic heterocycles. The van der Waals surface area contributed by atoms with Gasteiger partial charge in [-0.05, 0) is 33.1 Å². The lowest BCUT2D eigenvalue weighted by Gasteiger charge is -2.16. The van der Waals surface area contributed by atoms with Crippen molar-refractivity contribution in [1.82, 2.24) is 10.6 Å². The van der Waals surface area contributed by atoms with Crippen LogP contribution in [-0.4, -0.2) is 31.3 Å². The lowest BCUT2D eigenvalue weighted by Crippen LogP contribution is -2.42. The van der Waals surface area contributed by atoms with E-state index in [9.17, 15) is 13.2 Å². The summed E-state index contributed by atoms with van der Waals surface area (Å²) in [6.07, 6.45) is -3.22. The standard InChI is InChI=1S/C12H24F3N3/c1-4-10(3)18-11(16-5-2)17-9-7-6-8-12(13,14)15/h10H,4-9H2,1-3H3,(H2,16,17,18). The van der Waals surface area contributed by atoms with Gasteiger partial charge in [-0.15, -0.1) is 0 Å². The molecule has 0 amide bonds. The van der Waals surface area contributed by atoms with Crippen molar-refractivity contribution < 1.29 is 13.2 Å². The highest BCUT2D eigenvalue weighted by Gasteiger charge is 2.25. The molecular weight excluding hydrogens is 243 g/mol. The van der Waals surface area contributed by atoms with Crippen molar-refractivity contribution in [2.45, 2.75) is 58.7 Å². The van der Waals surface area contributed by atoms with Gasteiger partial charge in [0.1, 0.15) is 0 Å². The molecule has 0 aliphatic carbocycles. The van der Waals surface area contributed by atoms with Gasteiger partial charge in [0.25, 0.3) is 0 Å². The van der Waals surface area contributed by atoms with E-state index < -0.39 is 12.6 Å². The Hall–Kier alpha value is -0.940. The van der Waals surface area contributed by atoms with Crippen LogP contribution in [-0.2, 0) is 0 Å². The second-order valence-corrected chi connectivity index (χ2v) is 4.29. The van der Waals surface area contributed by atoms with E-state index in [1.807, 2.05) is 13.8 Å². The molecule has 18 heavy (non-hydrogen) atoms. The molecule has 3 nitrogen and oxygen atoms in total. The van der Waals surface area contributed by atoms with E-state index in [-0.39, 0.29) is 6.42 Å². The van der Waals surface area contributed by atoms with Crippen LogP contribution in [0.1, 0.15) is 46.5 Å². The van der Waals surface area contributed by atoms with Gasteiger partial charge in [0.15, 0.2) is 5.96 Å². The molecule has 0 spiro atoms. The van der Waals surface area contributed by atoms with Crippen LogP contribution in [0.2, 0.25) is 0 Å². The number of aliphatic imine (C=N–C) groups is 1. The highest BCUT2D eigenvalue weighted by atomic mass is 19.4. The van der Waals surface area contributed by atoms with Crippen molar-refractivity contribution >= 4 is 5.96 Å². The molecule has 0 aromatic heterocycles. The van der Waals surface area contributed by atoms with Crippen molar-refractivity contribution in [2.24, 2.45) is 4.99 Å². The third kappa shape index (κ3) is 10.2. The molecule has 0 rings (SSSR count). The molecule has 0 saturated heterocycles. The van der Waals surface area contributed by atoms with Gasteiger partial charge in [0.05, 0.1) is 0 Å². The normalized spacial score (nSPS) is 14.4. The molecule has 1 atom stereocenters. The Morgan fingerprint density at radius 3 is 2.39 bits per heavy atom. The van der Waals surface area contributed by atoms with Gasteiger partial charge in [-0.1, -0.05) is 6.92 Å². The Morgan fingerprint density at radius 1 is 1.22 bits per heavy atom. The zero-order chi connectivity index (χ0) is 14.0. The molecule has 0 fully saturated rings. The van der Waals surface area contributed by atoms with Crippen LogP contribution in [0.25, 0.3) is 0 Å². The first kappa shape index (κ1) is 17.1. The number of unbranched alkanes of at least 4 members (excludes halogenated alkanes) is 1. The molecule has 0 saturated carbocycles. The van der Waals surface area contributed by atoms with E-state index >= 15 is 0 Å². The number of hydrogen-bond donors (Lipinski definition) is 2. The van der Waals surface area contributed by atoms with Crippen molar-refractivity contribution in [3.05, 3.63) is 0 Å². The van der Waals surface area contributed by atoms with Gasteiger partial charge in [0, 0.05) is 25.6 Å². The Morgan fingerprint density at radius 2 is 1.89 bits per heavy atom. The van der Waals surface area contributed by atoms with Gasteiger partial charge in [-0.2, -0.15) is 13.2 Å². The van der Waals surface area contributed by atoms with Gasteiger partial charge < -0.3 is 10.6 Å². The predicted molar refractivity (Wildman–Crippen MR) is 68.8 cm³/mol. The zero-order valence-corrected chi connectivity index (χ0v) is 11.4. The summed E-state index contributed by atoms with van der Waals surface area (Å²) in [4.78, 5) is 4.25. The molecule has 0 aromatic rings. The number of halogens is 3. The maximum absolute atomic E-state index is 11.9. The zero-order valence-electron chi connectivity index (χ0n) is 11.4. The fourth-order valence-electron chi connectivity index (χ4n) is 1.28. The molecule has 6 heteroatoms. The Kier molecular flexibility index (Phi) is 8.58. The Labute approximate surface area is 107 Å². The molecule has 0 bridgehead atoms. The fourth-order valence-corrected chi connectivity index (χ4v) is 1.28. The number of rotatable bonds is 7. The molecular formula is C12H24F3N3. The monoisotopic (exact) mass is 267 g/mol. The summed E-state index contributed by atoms with van der Waals surface area (Å²) in [5.41, 5.74) is 0. The summed E-state index contributed by atoms with van der Waals surface area (Å²) in [6, 6.07) is 0.304. The Balaban J connectivity index is 3.93. The maximum Gasteiger partial charge on any atom is 0.389 e. The quantitative estimate of drug-likeness (QED) is 0.422. The van der Waals surface area contributed by atoms with E-state index in [4.69, 9.17) is 0 Å². The minimum absolute atomic E-state index is 0.135. The van der Waals surface area contributed by atoms with Crippen molar-refractivity contribution in [2.75, 3.05) is 13.1 Å². The summed E-state index contributed by atoms with van der Waals surface area (Å²) < 4.78 is 35.8. The number of guanidine groups is 1. The van der Waals surface area contributed by atoms with Crippen LogP contribution in [0.4, 0.5) is 13.2 Å². The highest BCUT2D eigenvalue weighted by molar-refractivity contribution is 5.79. The van der Waals surface area contributed by atoms with Crippen molar-refractivity contribution in [3.8, 4) is 0 Å². The second-order valence-electron chi connectivity index (χ2n) is 4.29. The summed E-state index contributed by atoms with van der Waals surface area (Å²) >= 11 is 0. The summed E-state index contributed by atoms with van der Waals surface area (Å²) in [5.74, 6) is 0.679. The lowest BCUT2D eigenvalue weighted by atomic mass is 10.2. The minimum Gasteiger partial charge on any atom is -0.357 e. The lowest BCUT2D eigenvalue weighted by molar-refractivity contribution is -0.135. The van der Waals surface area contributed by atoms with Crippen LogP contribution in [0.3, 0.4) is 0 Å². The third-order valence-corrected chi connectivity index (χ3v) is 2.48. The molecule has 108 valence electrons. The van der Waals surface area contributed by atoms with E-state index in [2.05, 4.69) is 22.5 Å². The maximum atomic E-state index is 11.9. The van der Waals surface area contributed by atoms with Crippen LogP contribution in [0, 0.1) is 0 Å². The number of nitrogens with one attached hydrogen (secondary N) is 2. The molecule has 2 N–H and O–H groups in total. The fraction of sp³-hybridized carbons (Fsp3) is 0.917. The van der Waals surface area contributed by atoms with Gasteiger partial charge in [-0.3, -0.25) is 4.99 Å². The first-order valence-electron chi connectivity index (χ1n) is 6.50. The molecule has 0 aliphatic rings. The average molecular weight is 267 g/mol. The SMILES string of the molecule is CCNC(=NCCCCC(F)(F)F)NC(C)CC. The number of alkyl halides is 3. The summed E-state index contributed by atoms with van der Waals surface area (Å²) in [6.45, 7) is 7.21. The molecule has 0 aromatic carbocycles. The van der Waals surface area contributed by atoms with Gasteiger partial charge in [0.2, 0.25) is 0 Å². The summed E-state index contributed by atoms with van der Waals surface area (Å²) in [7, 11) is 0. The molecule has 0 heterocycles. The number of nitrogens with zero attached hydrogens (tertiary/aromatic N) is 1. The largest absolute Gasteiger partial charge is 0.389 e. The molecule has 1 unspecified atom stereocenters. The highest BCUT2D eigenvalue weighted by Crippen LogP contribution is 2.21. The topological polar surface area (TPSA) is 36.4 Å². The Bertz CT molecular complexity index is 239. The van der Waals surface area contributed by atoms with E-state index in [0.29, 0.717) is 25.0 Å². The van der Waals surface area contributed by atoms with E-state index in [0.717, 1.165) is 13.0 Å². The third-order valence-electron chi connectivity index (χ3n) is 2.48. The predicted octanol–water partition coefficient (Wildman–Crippen LogP) is 3.07. The van der Waals surface area contributed by atoms with Gasteiger partial charge in [-0.25, -0.2) is 0 Å². The smallest absolute Gasteiger partial charge is 0.357 e. The van der Waals surface area contributed by atoms with E-state index in [1.165, 1.54) is 0 Å². The van der Waals surface area contributed by atoms with Crippen LogP contribution in [0.5, 0.6) is 0 Å².